The average molecular weight is 260 g/mol. The van der Waals surface area contributed by atoms with Gasteiger partial charge in [-0.05, 0) is 25.2 Å². The number of alkyl halides is 5. The van der Waals surface area contributed by atoms with Gasteiger partial charge in [-0.25, -0.2) is 4.79 Å². The monoisotopic (exact) mass is 260 g/mol. The van der Waals surface area contributed by atoms with Crippen LogP contribution in [0.3, 0.4) is 0 Å². The van der Waals surface area contributed by atoms with Crippen molar-refractivity contribution in [3.8, 4) is 0 Å². The lowest BCUT2D eigenvalue weighted by molar-refractivity contribution is -0.283. The molecule has 0 aromatic heterocycles. The van der Waals surface area contributed by atoms with Gasteiger partial charge in [-0.1, -0.05) is 13.3 Å². The molecule has 0 amide bonds. The second-order valence-corrected chi connectivity index (χ2v) is 4.28. The van der Waals surface area contributed by atoms with Gasteiger partial charge in [-0.15, -0.1) is 0 Å². The second kappa shape index (κ2) is 4.78. The second-order valence-electron chi connectivity index (χ2n) is 4.28. The molecule has 0 heterocycles. The lowest BCUT2D eigenvalue weighted by Crippen LogP contribution is -2.47. The van der Waals surface area contributed by atoms with Gasteiger partial charge >= 0.3 is 18.1 Å². The summed E-state index contributed by atoms with van der Waals surface area (Å²) < 4.78 is 65.2. The van der Waals surface area contributed by atoms with Crippen LogP contribution in [0, 0.1) is 5.92 Å². The molecule has 7 heteroatoms. The van der Waals surface area contributed by atoms with Crippen molar-refractivity contribution in [2.24, 2.45) is 5.92 Å². The molecule has 0 bridgehead atoms. The molecule has 100 valence electrons. The van der Waals surface area contributed by atoms with Crippen LogP contribution < -0.4 is 0 Å². The summed E-state index contributed by atoms with van der Waals surface area (Å²) >= 11 is 0. The minimum absolute atomic E-state index is 0.184. The van der Waals surface area contributed by atoms with Gasteiger partial charge in [0, 0.05) is 0 Å². The van der Waals surface area contributed by atoms with Crippen LogP contribution in [0.25, 0.3) is 0 Å². The van der Waals surface area contributed by atoms with Gasteiger partial charge in [-0.2, -0.15) is 22.0 Å². The lowest BCUT2D eigenvalue weighted by atomic mass is 9.88. The van der Waals surface area contributed by atoms with Crippen LogP contribution in [0.2, 0.25) is 0 Å². The number of carbonyl (C=O) groups excluding carboxylic acids is 1. The predicted octanol–water partition coefficient (Wildman–Crippen LogP) is 3.31. The summed E-state index contributed by atoms with van der Waals surface area (Å²) in [6, 6.07) is 0. The molecule has 0 aromatic rings. The molecule has 1 aliphatic carbocycles. The third-order valence-corrected chi connectivity index (χ3v) is 2.90. The highest BCUT2D eigenvalue weighted by Gasteiger charge is 2.65. The van der Waals surface area contributed by atoms with Crippen LogP contribution in [0.4, 0.5) is 22.0 Å². The van der Waals surface area contributed by atoms with Crippen LogP contribution >= 0.6 is 0 Å². The zero-order valence-electron chi connectivity index (χ0n) is 9.19. The van der Waals surface area contributed by atoms with Crippen molar-refractivity contribution in [3.05, 3.63) is 0 Å². The van der Waals surface area contributed by atoms with Crippen molar-refractivity contribution in [1.82, 2.24) is 0 Å². The number of hydrogen-bond donors (Lipinski definition) is 0. The Kier molecular flexibility index (Phi) is 3.99. The number of esters is 1. The van der Waals surface area contributed by atoms with Gasteiger partial charge in [0.05, 0.1) is 0 Å². The zero-order valence-corrected chi connectivity index (χ0v) is 9.19. The summed E-state index contributed by atoms with van der Waals surface area (Å²) in [6.45, 7) is 1.67. The van der Waals surface area contributed by atoms with Gasteiger partial charge in [0.25, 0.3) is 0 Å². The number of ether oxygens (including phenoxy) is 1. The fourth-order valence-corrected chi connectivity index (χ4v) is 1.78. The average Bonchev–Trinajstić information content (AvgIpc) is 2.19. The fourth-order valence-electron chi connectivity index (χ4n) is 1.78. The van der Waals surface area contributed by atoms with Gasteiger partial charge in [0.15, 0.2) is 0 Å². The van der Waals surface area contributed by atoms with Crippen molar-refractivity contribution in [1.29, 1.82) is 0 Å². The quantitative estimate of drug-likeness (QED) is 0.562. The summed E-state index contributed by atoms with van der Waals surface area (Å²) in [5, 5.41) is 0. The predicted molar refractivity (Wildman–Crippen MR) is 48.5 cm³/mol. The Morgan fingerprint density at radius 1 is 1.12 bits per heavy atom. The van der Waals surface area contributed by atoms with Crippen molar-refractivity contribution in [2.75, 3.05) is 0 Å². The Balaban J connectivity index is 2.65. The van der Waals surface area contributed by atoms with E-state index in [1.165, 1.54) is 0 Å². The van der Waals surface area contributed by atoms with E-state index < -0.39 is 24.2 Å². The molecule has 0 saturated heterocycles. The molecular formula is C10H13F5O2. The minimum Gasteiger partial charge on any atom is -0.457 e. The van der Waals surface area contributed by atoms with Gasteiger partial charge in [0.1, 0.15) is 6.10 Å². The largest absolute Gasteiger partial charge is 0.465 e. The van der Waals surface area contributed by atoms with Crippen molar-refractivity contribution in [2.45, 2.75) is 50.8 Å². The first-order valence-corrected chi connectivity index (χ1v) is 5.32. The molecule has 1 saturated carbocycles. The van der Waals surface area contributed by atoms with Crippen LogP contribution in [0.1, 0.15) is 32.6 Å². The van der Waals surface area contributed by atoms with E-state index in [4.69, 9.17) is 0 Å². The van der Waals surface area contributed by atoms with Gasteiger partial charge < -0.3 is 4.74 Å². The molecule has 2 nitrogen and oxygen atoms in total. The van der Waals surface area contributed by atoms with E-state index in [0.29, 0.717) is 19.3 Å². The molecule has 0 aromatic carbocycles. The van der Waals surface area contributed by atoms with E-state index in [2.05, 4.69) is 4.74 Å². The van der Waals surface area contributed by atoms with E-state index in [9.17, 15) is 26.7 Å². The standard InChI is InChI=1S/C10H13F5O2/c1-6-4-2-3-5-7(6)17-8(16)9(11,12)10(13,14)15/h6-7H,2-5H2,1H3. The molecule has 1 aliphatic rings. The SMILES string of the molecule is CC1CCCCC1OC(=O)C(F)(F)C(F)(F)F. The first kappa shape index (κ1) is 14.2. The molecule has 0 aliphatic heterocycles. The van der Waals surface area contributed by atoms with E-state index in [1.807, 2.05) is 0 Å². The molecule has 0 N–H and O–H groups in total. The molecule has 1 rings (SSSR count). The number of halogens is 5. The van der Waals surface area contributed by atoms with Gasteiger partial charge in [-0.3, -0.25) is 0 Å². The van der Waals surface area contributed by atoms with E-state index in [1.54, 1.807) is 6.92 Å². The van der Waals surface area contributed by atoms with E-state index >= 15 is 0 Å². The molecular weight excluding hydrogens is 247 g/mol. The molecule has 1 fully saturated rings. The number of hydrogen-bond acceptors (Lipinski definition) is 2. The zero-order chi connectivity index (χ0) is 13.3. The van der Waals surface area contributed by atoms with Crippen molar-refractivity contribution < 1.29 is 31.5 Å². The molecule has 2 atom stereocenters. The smallest absolute Gasteiger partial charge is 0.457 e. The fraction of sp³-hybridized carbons (Fsp3) is 0.900. The van der Waals surface area contributed by atoms with E-state index in [0.717, 1.165) is 6.42 Å². The summed E-state index contributed by atoms with van der Waals surface area (Å²) in [7, 11) is 0. The highest BCUT2D eigenvalue weighted by atomic mass is 19.4. The summed E-state index contributed by atoms with van der Waals surface area (Å²) in [6.07, 6.45) is -4.21. The van der Waals surface area contributed by atoms with Crippen molar-refractivity contribution in [3.63, 3.8) is 0 Å². The normalized spacial score (nSPS) is 26.7. The van der Waals surface area contributed by atoms with Crippen LogP contribution in [0.15, 0.2) is 0 Å². The Bertz CT molecular complexity index is 287. The molecule has 0 spiro atoms. The lowest BCUT2D eigenvalue weighted by Gasteiger charge is -2.30. The highest BCUT2D eigenvalue weighted by molar-refractivity contribution is 5.78. The van der Waals surface area contributed by atoms with Gasteiger partial charge in [0.2, 0.25) is 0 Å². The Labute approximate surface area is 95.1 Å². The molecule has 17 heavy (non-hydrogen) atoms. The van der Waals surface area contributed by atoms with Crippen molar-refractivity contribution >= 4 is 5.97 Å². The molecule has 2 unspecified atom stereocenters. The third-order valence-electron chi connectivity index (χ3n) is 2.90. The Morgan fingerprint density at radius 3 is 2.12 bits per heavy atom. The first-order chi connectivity index (χ1) is 7.66. The minimum atomic E-state index is -5.90. The maximum absolute atomic E-state index is 12.6. The summed E-state index contributed by atoms with van der Waals surface area (Å²) in [5.41, 5.74) is 0. The maximum atomic E-state index is 12.6. The molecule has 0 radical (unpaired) electrons. The maximum Gasteiger partial charge on any atom is 0.465 e. The Hall–Kier alpha value is -0.880. The Morgan fingerprint density at radius 2 is 1.65 bits per heavy atom. The third kappa shape index (κ3) is 3.07. The van der Waals surface area contributed by atoms with Crippen LogP contribution in [-0.4, -0.2) is 24.2 Å². The first-order valence-electron chi connectivity index (χ1n) is 5.32. The van der Waals surface area contributed by atoms with Crippen LogP contribution in [0.5, 0.6) is 0 Å². The van der Waals surface area contributed by atoms with Crippen LogP contribution in [-0.2, 0) is 9.53 Å². The topological polar surface area (TPSA) is 26.3 Å². The number of rotatable bonds is 2. The summed E-state index contributed by atoms with van der Waals surface area (Å²) in [4.78, 5) is 10.8. The number of carbonyl (C=O) groups is 1. The highest BCUT2D eigenvalue weighted by Crippen LogP contribution is 2.37. The van der Waals surface area contributed by atoms with E-state index in [-0.39, 0.29) is 5.92 Å². The summed E-state index contributed by atoms with van der Waals surface area (Å²) in [5.74, 6) is -8.11.